The van der Waals surface area contributed by atoms with E-state index in [1.165, 1.54) is 13.2 Å². The molecule has 0 saturated carbocycles. The Balaban J connectivity index is 2.30. The molecular weight excluding hydrogens is 294 g/mol. The van der Waals surface area contributed by atoms with E-state index < -0.39 is 9.84 Å². The first-order chi connectivity index (χ1) is 10.1. The summed E-state index contributed by atoms with van der Waals surface area (Å²) in [4.78, 5) is 14.2. The Labute approximate surface area is 124 Å². The van der Waals surface area contributed by atoms with Crippen LogP contribution in [0.3, 0.4) is 0 Å². The van der Waals surface area contributed by atoms with Crippen LogP contribution in [0.4, 0.5) is 0 Å². The molecule has 0 unspecified atom stereocenters. The maximum absolute atomic E-state index is 12.5. The highest BCUT2D eigenvalue weighted by Crippen LogP contribution is 2.19. The molecule has 21 heavy (non-hydrogen) atoms. The Morgan fingerprint density at radius 2 is 1.95 bits per heavy atom. The number of ether oxygens (including phenoxy) is 2. The highest BCUT2D eigenvalue weighted by Gasteiger charge is 2.26. The van der Waals surface area contributed by atoms with E-state index >= 15 is 0 Å². The number of amides is 1. The minimum Gasteiger partial charge on any atom is -0.384 e. The van der Waals surface area contributed by atoms with E-state index in [4.69, 9.17) is 9.47 Å². The molecule has 7 heteroatoms. The number of rotatable bonds is 5. The van der Waals surface area contributed by atoms with Gasteiger partial charge in [0, 0.05) is 20.2 Å². The molecule has 0 aliphatic carbocycles. The van der Waals surface area contributed by atoms with Crippen LogP contribution >= 0.6 is 0 Å². The molecule has 1 amide bonds. The van der Waals surface area contributed by atoms with Gasteiger partial charge in [0.1, 0.15) is 0 Å². The second kappa shape index (κ2) is 7.02. The lowest BCUT2D eigenvalue weighted by Gasteiger charge is -2.27. The van der Waals surface area contributed by atoms with Crippen LogP contribution in [0.2, 0.25) is 0 Å². The number of nitrogens with zero attached hydrogens (tertiary/aromatic N) is 1. The fraction of sp³-hybridized carbons (Fsp3) is 0.500. The molecule has 1 saturated heterocycles. The third-order valence-corrected chi connectivity index (χ3v) is 5.04. The number of methoxy groups -OCH3 is 1. The molecule has 1 heterocycles. The smallest absolute Gasteiger partial charge is 0.255 e. The van der Waals surface area contributed by atoms with Crippen molar-refractivity contribution < 1.29 is 22.7 Å². The summed E-state index contributed by atoms with van der Waals surface area (Å²) < 4.78 is 34.7. The molecule has 116 valence electrons. The Hall–Kier alpha value is -1.44. The van der Waals surface area contributed by atoms with Crippen molar-refractivity contribution in [1.82, 2.24) is 4.90 Å². The fourth-order valence-corrected chi connectivity index (χ4v) is 3.54. The van der Waals surface area contributed by atoms with E-state index in [1.807, 2.05) is 0 Å². The standard InChI is InChI=1S/C14H19NO5S/c1-19-10-11-21(17,18)13-5-3-2-4-12(13)14(16)15-6-8-20-9-7-15/h2-5H,6-11H2,1H3. The highest BCUT2D eigenvalue weighted by molar-refractivity contribution is 7.91. The van der Waals surface area contributed by atoms with Crippen LogP contribution in [0.1, 0.15) is 10.4 Å². The summed E-state index contributed by atoms with van der Waals surface area (Å²) in [6.45, 7) is 2.01. The van der Waals surface area contributed by atoms with E-state index in [0.29, 0.717) is 26.3 Å². The van der Waals surface area contributed by atoms with Crippen molar-refractivity contribution in [3.8, 4) is 0 Å². The summed E-state index contributed by atoms with van der Waals surface area (Å²) in [6, 6.07) is 6.31. The maximum atomic E-state index is 12.5. The first-order valence-corrected chi connectivity index (χ1v) is 8.39. The molecule has 0 radical (unpaired) electrons. The largest absolute Gasteiger partial charge is 0.384 e. The van der Waals surface area contributed by atoms with Crippen LogP contribution in [-0.2, 0) is 19.3 Å². The van der Waals surface area contributed by atoms with Crippen molar-refractivity contribution in [3.63, 3.8) is 0 Å². The minimum atomic E-state index is -3.54. The van der Waals surface area contributed by atoms with Crippen molar-refractivity contribution in [1.29, 1.82) is 0 Å². The van der Waals surface area contributed by atoms with Crippen LogP contribution in [0.25, 0.3) is 0 Å². The molecule has 1 aliphatic heterocycles. The quantitative estimate of drug-likeness (QED) is 0.795. The van der Waals surface area contributed by atoms with Gasteiger partial charge in [-0.3, -0.25) is 4.79 Å². The molecule has 1 fully saturated rings. The first kappa shape index (κ1) is 15.9. The van der Waals surface area contributed by atoms with Gasteiger partial charge in [0.15, 0.2) is 9.84 Å². The summed E-state index contributed by atoms with van der Waals surface area (Å²) in [7, 11) is -2.10. The molecule has 0 spiro atoms. The Bertz CT molecular complexity index is 593. The van der Waals surface area contributed by atoms with E-state index in [2.05, 4.69) is 0 Å². The van der Waals surface area contributed by atoms with Gasteiger partial charge in [-0.05, 0) is 12.1 Å². The van der Waals surface area contributed by atoms with Gasteiger partial charge in [-0.2, -0.15) is 0 Å². The second-order valence-corrected chi connectivity index (χ2v) is 6.79. The van der Waals surface area contributed by atoms with E-state index in [-0.39, 0.29) is 28.7 Å². The van der Waals surface area contributed by atoms with Crippen LogP contribution in [0.5, 0.6) is 0 Å². The zero-order valence-electron chi connectivity index (χ0n) is 11.9. The summed E-state index contributed by atoms with van der Waals surface area (Å²) >= 11 is 0. The van der Waals surface area contributed by atoms with Gasteiger partial charge in [-0.25, -0.2) is 8.42 Å². The van der Waals surface area contributed by atoms with Gasteiger partial charge in [-0.15, -0.1) is 0 Å². The van der Waals surface area contributed by atoms with Crippen LogP contribution in [-0.4, -0.2) is 65.0 Å². The van der Waals surface area contributed by atoms with Crippen LogP contribution < -0.4 is 0 Å². The average molecular weight is 313 g/mol. The van der Waals surface area contributed by atoms with E-state index in [1.54, 1.807) is 23.1 Å². The van der Waals surface area contributed by atoms with E-state index in [0.717, 1.165) is 0 Å². The number of hydrogen-bond donors (Lipinski definition) is 0. The van der Waals surface area contributed by atoms with Gasteiger partial charge < -0.3 is 14.4 Å². The van der Waals surface area contributed by atoms with Crippen molar-refractivity contribution in [2.24, 2.45) is 0 Å². The SMILES string of the molecule is COCCS(=O)(=O)c1ccccc1C(=O)N1CCOCC1. The van der Waals surface area contributed by atoms with Gasteiger partial charge in [-0.1, -0.05) is 12.1 Å². The summed E-state index contributed by atoms with van der Waals surface area (Å²) in [5, 5.41) is 0. The van der Waals surface area contributed by atoms with E-state index in [9.17, 15) is 13.2 Å². The number of sulfone groups is 1. The minimum absolute atomic E-state index is 0.0681. The number of benzene rings is 1. The topological polar surface area (TPSA) is 72.9 Å². The first-order valence-electron chi connectivity index (χ1n) is 6.74. The van der Waals surface area contributed by atoms with Crippen LogP contribution in [0, 0.1) is 0 Å². The van der Waals surface area contributed by atoms with Crippen LogP contribution in [0.15, 0.2) is 29.2 Å². The Morgan fingerprint density at radius 3 is 2.62 bits per heavy atom. The molecule has 0 atom stereocenters. The Morgan fingerprint density at radius 1 is 1.29 bits per heavy atom. The third kappa shape index (κ3) is 3.81. The fourth-order valence-electron chi connectivity index (χ4n) is 2.15. The number of morpholine rings is 1. The predicted molar refractivity (Wildman–Crippen MR) is 77.1 cm³/mol. The number of carbonyl (C=O) groups excluding carboxylic acids is 1. The molecule has 1 aliphatic rings. The lowest BCUT2D eigenvalue weighted by Crippen LogP contribution is -2.41. The van der Waals surface area contributed by atoms with Crippen molar-refractivity contribution in [2.45, 2.75) is 4.90 Å². The second-order valence-electron chi connectivity index (χ2n) is 4.71. The molecule has 0 bridgehead atoms. The molecular formula is C14H19NO5S. The summed E-state index contributed by atoms with van der Waals surface area (Å²) in [5.41, 5.74) is 0.218. The molecule has 1 aromatic carbocycles. The number of hydrogen-bond acceptors (Lipinski definition) is 5. The zero-order chi connectivity index (χ0) is 15.3. The molecule has 2 rings (SSSR count). The lowest BCUT2D eigenvalue weighted by molar-refractivity contribution is 0.0300. The predicted octanol–water partition coefficient (Wildman–Crippen LogP) is 0.579. The average Bonchev–Trinajstić information content (AvgIpc) is 2.53. The third-order valence-electron chi connectivity index (χ3n) is 3.31. The lowest BCUT2D eigenvalue weighted by atomic mass is 10.2. The molecule has 6 nitrogen and oxygen atoms in total. The van der Waals surface area contributed by atoms with Crippen molar-refractivity contribution in [3.05, 3.63) is 29.8 Å². The van der Waals surface area contributed by atoms with Gasteiger partial charge >= 0.3 is 0 Å². The van der Waals surface area contributed by atoms with Gasteiger partial charge in [0.05, 0.1) is 36.0 Å². The monoisotopic (exact) mass is 313 g/mol. The normalized spacial score (nSPS) is 16.0. The van der Waals surface area contributed by atoms with Gasteiger partial charge in [0.25, 0.3) is 5.91 Å². The molecule has 0 N–H and O–H groups in total. The molecule has 0 aromatic heterocycles. The van der Waals surface area contributed by atoms with Gasteiger partial charge in [0.2, 0.25) is 0 Å². The zero-order valence-corrected chi connectivity index (χ0v) is 12.8. The maximum Gasteiger partial charge on any atom is 0.255 e. The Kier molecular flexibility index (Phi) is 5.33. The summed E-state index contributed by atoms with van der Waals surface area (Å²) in [6.07, 6.45) is 0. The summed E-state index contributed by atoms with van der Waals surface area (Å²) in [5.74, 6) is -0.411. The molecule has 1 aromatic rings. The number of carbonyl (C=O) groups is 1. The van der Waals surface area contributed by atoms with Crippen molar-refractivity contribution in [2.75, 3.05) is 45.8 Å². The van der Waals surface area contributed by atoms with Crippen molar-refractivity contribution >= 4 is 15.7 Å². The highest BCUT2D eigenvalue weighted by atomic mass is 32.2.